The van der Waals surface area contributed by atoms with Crippen LogP contribution in [0.5, 0.6) is 0 Å². The molecule has 0 saturated carbocycles. The number of hydrogen-bond donors (Lipinski definition) is 1. The quantitative estimate of drug-likeness (QED) is 0.267. The number of amides is 1. The van der Waals surface area contributed by atoms with Crippen molar-refractivity contribution in [2.75, 3.05) is 12.3 Å². The van der Waals surface area contributed by atoms with E-state index >= 15 is 0 Å². The summed E-state index contributed by atoms with van der Waals surface area (Å²) in [4.78, 5) is 15.7. The average Bonchev–Trinajstić information content (AvgIpc) is 3.28. The fraction of sp³-hybridized carbons (Fsp3) is 0.360. The number of benzene rings is 2. The van der Waals surface area contributed by atoms with Crippen molar-refractivity contribution in [2.24, 2.45) is 0 Å². The number of halogens is 1. The Morgan fingerprint density at radius 1 is 1.21 bits per heavy atom. The number of nitrogen functional groups attached to an aromatic ring is 1. The molecule has 2 N–H and O–H groups in total. The average molecular weight is 555 g/mol. The van der Waals surface area contributed by atoms with Gasteiger partial charge in [-0.25, -0.2) is 0 Å². The van der Waals surface area contributed by atoms with Gasteiger partial charge in [0.25, 0.3) is 5.91 Å². The molecule has 7 nitrogen and oxygen atoms in total. The highest BCUT2D eigenvalue weighted by molar-refractivity contribution is 14.1. The number of nitrogens with two attached hydrogens (primary N) is 1. The van der Waals surface area contributed by atoms with Crippen molar-refractivity contribution in [3.8, 4) is 17.5 Å². The van der Waals surface area contributed by atoms with E-state index in [1.54, 1.807) is 0 Å². The molecule has 8 heteroatoms. The number of alkyl halides is 1. The van der Waals surface area contributed by atoms with Gasteiger partial charge in [-0.05, 0) is 66.5 Å². The highest BCUT2D eigenvalue weighted by atomic mass is 127. The summed E-state index contributed by atoms with van der Waals surface area (Å²) >= 11 is 2.37. The van der Waals surface area contributed by atoms with Crippen molar-refractivity contribution < 1.29 is 9.21 Å². The van der Waals surface area contributed by atoms with Crippen molar-refractivity contribution >= 4 is 34.5 Å². The Morgan fingerprint density at radius 2 is 1.94 bits per heavy atom. The predicted molar refractivity (Wildman–Crippen MR) is 135 cm³/mol. The molecule has 1 saturated heterocycles. The number of nitrogens with zero attached hydrogens (tertiary/aromatic N) is 4. The number of hydrogen-bond acceptors (Lipinski definition) is 6. The summed E-state index contributed by atoms with van der Waals surface area (Å²) in [6.07, 6.45) is 3.30. The van der Waals surface area contributed by atoms with Gasteiger partial charge < -0.3 is 15.1 Å². The molecule has 1 aromatic heterocycles. The van der Waals surface area contributed by atoms with E-state index in [4.69, 9.17) is 15.4 Å². The van der Waals surface area contributed by atoms with Crippen LogP contribution in [0, 0.1) is 11.3 Å². The van der Waals surface area contributed by atoms with E-state index in [0.29, 0.717) is 29.5 Å². The lowest BCUT2D eigenvalue weighted by Crippen LogP contribution is -2.42. The Kier molecular flexibility index (Phi) is 6.98. The highest BCUT2D eigenvalue weighted by Crippen LogP contribution is 2.36. The maximum absolute atomic E-state index is 13.7. The van der Waals surface area contributed by atoms with Gasteiger partial charge in [0.1, 0.15) is 0 Å². The molecule has 0 radical (unpaired) electrons. The third kappa shape index (κ3) is 4.74. The van der Waals surface area contributed by atoms with Gasteiger partial charge in [-0.15, -0.1) is 5.10 Å². The minimum atomic E-state index is 0.0108. The summed E-state index contributed by atoms with van der Waals surface area (Å²) in [6.45, 7) is 4.81. The van der Waals surface area contributed by atoms with Gasteiger partial charge >= 0.3 is 6.01 Å². The van der Waals surface area contributed by atoms with Crippen molar-refractivity contribution in [1.29, 1.82) is 5.26 Å². The molecule has 0 aliphatic carbocycles. The van der Waals surface area contributed by atoms with Gasteiger partial charge in [0.15, 0.2) is 0 Å². The standard InChI is InChI=1S/C25H26IN5O2/c1-3-16-11-17(4-2)21(13-20(16)23-29-30-25(28)33-23)24(32)31-10-9-19(12-22(31)26)18-7-5-15(14-27)6-8-18/h5-8,11,13,19,22H,3-4,9-10,12H2,1-2H3,(H2,28,30). The molecular formula is C25H26IN5O2. The summed E-state index contributed by atoms with van der Waals surface area (Å²) < 4.78 is 5.55. The smallest absolute Gasteiger partial charge is 0.313 e. The van der Waals surface area contributed by atoms with Crippen LogP contribution in [0.15, 0.2) is 40.8 Å². The minimum Gasteiger partial charge on any atom is -0.404 e. The fourth-order valence-corrected chi connectivity index (χ4v) is 5.60. The van der Waals surface area contributed by atoms with Crippen LogP contribution in [-0.4, -0.2) is 31.6 Å². The largest absolute Gasteiger partial charge is 0.404 e. The molecule has 2 aromatic carbocycles. The first-order valence-electron chi connectivity index (χ1n) is 11.1. The van der Waals surface area contributed by atoms with E-state index < -0.39 is 0 Å². The number of aromatic nitrogens is 2. The van der Waals surface area contributed by atoms with Crippen LogP contribution in [0.25, 0.3) is 11.5 Å². The number of piperidine rings is 1. The molecule has 1 aliphatic rings. The zero-order valence-electron chi connectivity index (χ0n) is 18.7. The zero-order valence-corrected chi connectivity index (χ0v) is 20.9. The van der Waals surface area contributed by atoms with E-state index in [-0.39, 0.29) is 16.0 Å². The van der Waals surface area contributed by atoms with Crippen LogP contribution in [0.3, 0.4) is 0 Å². The molecule has 0 bridgehead atoms. The van der Waals surface area contributed by atoms with Gasteiger partial charge in [-0.3, -0.25) is 4.79 Å². The van der Waals surface area contributed by atoms with Crippen molar-refractivity contribution in [3.05, 3.63) is 64.2 Å². The number of nitriles is 1. The first-order chi connectivity index (χ1) is 15.9. The summed E-state index contributed by atoms with van der Waals surface area (Å²) in [5, 5.41) is 16.9. The SMILES string of the molecule is CCc1cc(CC)c(-c2nnc(N)o2)cc1C(=O)N1CCC(c2ccc(C#N)cc2)CC1I. The maximum Gasteiger partial charge on any atom is 0.313 e. The number of likely N-dealkylation sites (tertiary alicyclic amines) is 1. The lowest BCUT2D eigenvalue weighted by molar-refractivity contribution is 0.0696. The molecule has 33 heavy (non-hydrogen) atoms. The normalized spacial score (nSPS) is 18.2. The molecule has 0 spiro atoms. The summed E-state index contributed by atoms with van der Waals surface area (Å²) in [5.41, 5.74) is 11.0. The van der Waals surface area contributed by atoms with Gasteiger partial charge in [0.2, 0.25) is 5.89 Å². The monoisotopic (exact) mass is 555 g/mol. The zero-order chi connectivity index (χ0) is 23.5. The van der Waals surface area contributed by atoms with Gasteiger partial charge in [0, 0.05) is 17.7 Å². The van der Waals surface area contributed by atoms with Crippen LogP contribution in [-0.2, 0) is 12.8 Å². The number of carbonyl (C=O) groups excluding carboxylic acids is 1. The topological polar surface area (TPSA) is 109 Å². The predicted octanol–water partition coefficient (Wildman–Crippen LogP) is 5.10. The van der Waals surface area contributed by atoms with Crippen molar-refractivity contribution in [2.45, 2.75) is 49.5 Å². The number of carbonyl (C=O) groups is 1. The molecule has 1 amide bonds. The molecular weight excluding hydrogens is 529 g/mol. The van der Waals surface area contributed by atoms with E-state index in [1.165, 1.54) is 5.56 Å². The summed E-state index contributed by atoms with van der Waals surface area (Å²) in [6, 6.07) is 13.9. The number of aryl methyl sites for hydroxylation is 2. The Hall–Kier alpha value is -2.93. The van der Waals surface area contributed by atoms with Crippen molar-refractivity contribution in [1.82, 2.24) is 15.1 Å². The second kappa shape index (κ2) is 9.91. The van der Waals surface area contributed by atoms with Gasteiger partial charge in [-0.2, -0.15) is 5.26 Å². The Labute approximate surface area is 207 Å². The van der Waals surface area contributed by atoms with E-state index in [1.807, 2.05) is 35.2 Å². The lowest BCUT2D eigenvalue weighted by atomic mass is 9.88. The van der Waals surface area contributed by atoms with Crippen LogP contribution in [0.4, 0.5) is 6.01 Å². The van der Waals surface area contributed by atoms with Crippen molar-refractivity contribution in [3.63, 3.8) is 0 Å². The summed E-state index contributed by atoms with van der Waals surface area (Å²) in [5.74, 6) is 0.737. The Bertz CT molecular complexity index is 1200. The number of anilines is 1. The molecule has 3 aromatic rings. The summed E-state index contributed by atoms with van der Waals surface area (Å²) in [7, 11) is 0. The third-order valence-corrected chi connectivity index (χ3v) is 7.48. The van der Waals surface area contributed by atoms with Gasteiger partial charge in [0.05, 0.1) is 15.7 Å². The second-order valence-electron chi connectivity index (χ2n) is 8.21. The second-order valence-corrected chi connectivity index (χ2v) is 9.65. The van der Waals surface area contributed by atoms with Crippen LogP contribution < -0.4 is 5.73 Å². The van der Waals surface area contributed by atoms with E-state index in [0.717, 1.165) is 42.4 Å². The minimum absolute atomic E-state index is 0.0108. The van der Waals surface area contributed by atoms with Crippen LogP contribution in [0.2, 0.25) is 0 Å². The molecule has 1 fully saturated rings. The Morgan fingerprint density at radius 3 is 2.52 bits per heavy atom. The fourth-order valence-electron chi connectivity index (χ4n) is 4.45. The molecule has 2 atom stereocenters. The van der Waals surface area contributed by atoms with Crippen LogP contribution >= 0.6 is 22.6 Å². The lowest BCUT2D eigenvalue weighted by Gasteiger charge is -2.37. The number of rotatable bonds is 5. The van der Waals surface area contributed by atoms with Gasteiger partial charge in [-0.1, -0.05) is 59.7 Å². The molecule has 1 aliphatic heterocycles. The van der Waals surface area contributed by atoms with E-state index in [9.17, 15) is 4.79 Å². The first-order valence-corrected chi connectivity index (χ1v) is 12.4. The first kappa shape index (κ1) is 23.2. The molecule has 4 rings (SSSR count). The molecule has 2 heterocycles. The Balaban J connectivity index is 1.60. The van der Waals surface area contributed by atoms with Crippen LogP contribution in [0.1, 0.15) is 65.2 Å². The highest BCUT2D eigenvalue weighted by Gasteiger charge is 2.32. The van der Waals surface area contributed by atoms with E-state index in [2.05, 4.69) is 58.8 Å². The maximum atomic E-state index is 13.7. The third-order valence-electron chi connectivity index (χ3n) is 6.30. The molecule has 2 unspecified atom stereocenters. The molecule has 170 valence electrons.